The van der Waals surface area contributed by atoms with Gasteiger partial charge in [-0.25, -0.2) is 4.79 Å². The van der Waals surface area contributed by atoms with E-state index in [9.17, 15) is 4.79 Å². The van der Waals surface area contributed by atoms with Gasteiger partial charge in [0.25, 0.3) is 0 Å². The van der Waals surface area contributed by atoms with Gasteiger partial charge in [0.05, 0.1) is 11.6 Å². The SMILES string of the molecule is COc1c(Br)cccc1C=CC(=O)O. The number of carboxylic acid groups (broad SMARTS) is 1. The van der Waals surface area contributed by atoms with Crippen molar-refractivity contribution in [2.45, 2.75) is 0 Å². The number of para-hydroxylation sites is 1. The highest BCUT2D eigenvalue weighted by Crippen LogP contribution is 2.29. The largest absolute Gasteiger partial charge is 0.495 e. The number of rotatable bonds is 3. The second-order valence-electron chi connectivity index (χ2n) is 2.53. The second kappa shape index (κ2) is 4.81. The molecule has 14 heavy (non-hydrogen) atoms. The maximum Gasteiger partial charge on any atom is 0.328 e. The van der Waals surface area contributed by atoms with E-state index in [1.54, 1.807) is 6.07 Å². The summed E-state index contributed by atoms with van der Waals surface area (Å²) in [4.78, 5) is 10.3. The van der Waals surface area contributed by atoms with E-state index in [0.29, 0.717) is 5.75 Å². The van der Waals surface area contributed by atoms with Crippen molar-refractivity contribution in [3.05, 3.63) is 34.3 Å². The summed E-state index contributed by atoms with van der Waals surface area (Å²) in [5.41, 5.74) is 0.726. The monoisotopic (exact) mass is 256 g/mol. The molecule has 1 aromatic rings. The highest BCUT2D eigenvalue weighted by Gasteiger charge is 2.03. The molecule has 0 amide bonds. The van der Waals surface area contributed by atoms with Gasteiger partial charge in [0.15, 0.2) is 0 Å². The summed E-state index contributed by atoms with van der Waals surface area (Å²) in [6.45, 7) is 0. The average Bonchev–Trinajstić information content (AvgIpc) is 2.14. The fourth-order valence-corrected chi connectivity index (χ4v) is 1.58. The first-order chi connectivity index (χ1) is 6.65. The Kier molecular flexibility index (Phi) is 3.71. The van der Waals surface area contributed by atoms with Gasteiger partial charge in [-0.05, 0) is 28.1 Å². The summed E-state index contributed by atoms with van der Waals surface area (Å²) < 4.78 is 5.92. The summed E-state index contributed by atoms with van der Waals surface area (Å²) >= 11 is 3.31. The maximum atomic E-state index is 10.3. The van der Waals surface area contributed by atoms with Crippen LogP contribution in [0.5, 0.6) is 5.75 Å². The van der Waals surface area contributed by atoms with Crippen LogP contribution < -0.4 is 4.74 Å². The molecule has 1 rings (SSSR count). The molecule has 1 aromatic carbocycles. The average molecular weight is 257 g/mol. The minimum absolute atomic E-state index is 0.630. The fraction of sp³-hybridized carbons (Fsp3) is 0.100. The number of carbonyl (C=O) groups is 1. The molecule has 0 unspecified atom stereocenters. The zero-order valence-electron chi connectivity index (χ0n) is 7.53. The molecule has 3 nitrogen and oxygen atoms in total. The third-order valence-electron chi connectivity index (χ3n) is 1.61. The molecule has 74 valence electrons. The van der Waals surface area contributed by atoms with E-state index in [0.717, 1.165) is 16.1 Å². The molecule has 4 heteroatoms. The van der Waals surface area contributed by atoms with Crippen molar-refractivity contribution in [3.8, 4) is 5.75 Å². The minimum Gasteiger partial charge on any atom is -0.495 e. The third-order valence-corrected chi connectivity index (χ3v) is 2.23. The molecule has 0 aliphatic carbocycles. The van der Waals surface area contributed by atoms with Crippen LogP contribution in [0, 0.1) is 0 Å². The van der Waals surface area contributed by atoms with Crippen molar-refractivity contribution in [2.75, 3.05) is 7.11 Å². The lowest BCUT2D eigenvalue weighted by Gasteiger charge is -2.05. The van der Waals surface area contributed by atoms with Crippen molar-refractivity contribution < 1.29 is 14.6 Å². The van der Waals surface area contributed by atoms with E-state index in [1.807, 2.05) is 12.1 Å². The summed E-state index contributed by atoms with van der Waals surface area (Å²) in [7, 11) is 1.54. The van der Waals surface area contributed by atoms with Crippen LogP contribution in [-0.2, 0) is 4.79 Å². The van der Waals surface area contributed by atoms with Crippen LogP contribution in [0.15, 0.2) is 28.7 Å². The molecular weight excluding hydrogens is 248 g/mol. The van der Waals surface area contributed by atoms with Crippen LogP contribution in [0.2, 0.25) is 0 Å². The Morgan fingerprint density at radius 2 is 2.29 bits per heavy atom. The highest BCUT2D eigenvalue weighted by molar-refractivity contribution is 9.10. The number of hydrogen-bond donors (Lipinski definition) is 1. The molecule has 0 aliphatic heterocycles. The van der Waals surface area contributed by atoms with E-state index in [4.69, 9.17) is 9.84 Å². The Morgan fingerprint density at radius 1 is 1.57 bits per heavy atom. The Morgan fingerprint density at radius 3 is 2.86 bits per heavy atom. The number of methoxy groups -OCH3 is 1. The van der Waals surface area contributed by atoms with E-state index in [-0.39, 0.29) is 0 Å². The van der Waals surface area contributed by atoms with Crippen molar-refractivity contribution in [1.82, 2.24) is 0 Å². The van der Waals surface area contributed by atoms with Gasteiger partial charge in [-0.3, -0.25) is 0 Å². The Balaban J connectivity index is 3.08. The van der Waals surface area contributed by atoms with Crippen LogP contribution in [0.1, 0.15) is 5.56 Å². The van der Waals surface area contributed by atoms with Crippen LogP contribution in [0.25, 0.3) is 6.08 Å². The van der Waals surface area contributed by atoms with Gasteiger partial charge in [-0.15, -0.1) is 0 Å². The van der Waals surface area contributed by atoms with Gasteiger partial charge in [0.1, 0.15) is 5.75 Å². The Bertz CT molecular complexity index is 372. The molecule has 0 aromatic heterocycles. The summed E-state index contributed by atoms with van der Waals surface area (Å²) in [5.74, 6) is -0.350. The van der Waals surface area contributed by atoms with Crippen molar-refractivity contribution in [1.29, 1.82) is 0 Å². The molecule has 0 bridgehead atoms. The first kappa shape index (κ1) is 10.8. The van der Waals surface area contributed by atoms with Gasteiger partial charge in [0, 0.05) is 11.6 Å². The topological polar surface area (TPSA) is 46.5 Å². The third kappa shape index (κ3) is 2.60. The normalized spacial score (nSPS) is 10.4. The molecule has 0 aliphatic rings. The number of ether oxygens (including phenoxy) is 1. The molecule has 0 spiro atoms. The standard InChI is InChI=1S/C10H9BrO3/c1-14-10-7(5-6-9(12)13)3-2-4-8(10)11/h2-6H,1H3,(H,12,13). The van der Waals surface area contributed by atoms with Crippen molar-refractivity contribution in [2.24, 2.45) is 0 Å². The van der Waals surface area contributed by atoms with Gasteiger partial charge in [-0.2, -0.15) is 0 Å². The molecule has 1 N–H and O–H groups in total. The zero-order valence-corrected chi connectivity index (χ0v) is 9.11. The zero-order chi connectivity index (χ0) is 10.6. The molecule has 0 saturated heterocycles. The Hall–Kier alpha value is -1.29. The first-order valence-electron chi connectivity index (χ1n) is 3.88. The first-order valence-corrected chi connectivity index (χ1v) is 4.68. The lowest BCUT2D eigenvalue weighted by atomic mass is 10.2. The summed E-state index contributed by atoms with van der Waals surface area (Å²) in [5, 5.41) is 8.47. The van der Waals surface area contributed by atoms with Gasteiger partial charge >= 0.3 is 5.97 Å². The van der Waals surface area contributed by atoms with E-state index < -0.39 is 5.97 Å². The lowest BCUT2D eigenvalue weighted by molar-refractivity contribution is -0.131. The van der Waals surface area contributed by atoms with E-state index >= 15 is 0 Å². The second-order valence-corrected chi connectivity index (χ2v) is 3.39. The number of hydrogen-bond acceptors (Lipinski definition) is 2. The van der Waals surface area contributed by atoms with Crippen molar-refractivity contribution >= 4 is 28.0 Å². The molecule has 0 saturated carbocycles. The van der Waals surface area contributed by atoms with Gasteiger partial charge in [0.2, 0.25) is 0 Å². The number of halogens is 1. The van der Waals surface area contributed by atoms with Crippen LogP contribution in [0.3, 0.4) is 0 Å². The maximum absolute atomic E-state index is 10.3. The van der Waals surface area contributed by atoms with Gasteiger partial charge < -0.3 is 9.84 Å². The molecule has 0 fully saturated rings. The fourth-order valence-electron chi connectivity index (χ4n) is 1.03. The Labute approximate surface area is 90.1 Å². The predicted octanol–water partition coefficient (Wildman–Crippen LogP) is 2.56. The molecule has 0 radical (unpaired) electrons. The van der Waals surface area contributed by atoms with Crippen molar-refractivity contribution in [3.63, 3.8) is 0 Å². The summed E-state index contributed by atoms with van der Waals surface area (Å²) in [6.07, 6.45) is 2.57. The summed E-state index contributed by atoms with van der Waals surface area (Å²) in [6, 6.07) is 5.42. The van der Waals surface area contributed by atoms with Crippen LogP contribution >= 0.6 is 15.9 Å². The smallest absolute Gasteiger partial charge is 0.328 e. The highest BCUT2D eigenvalue weighted by atomic mass is 79.9. The van der Waals surface area contributed by atoms with Crippen LogP contribution in [0.4, 0.5) is 0 Å². The lowest BCUT2D eigenvalue weighted by Crippen LogP contribution is -1.90. The molecule has 0 heterocycles. The van der Waals surface area contributed by atoms with E-state index in [2.05, 4.69) is 15.9 Å². The number of benzene rings is 1. The minimum atomic E-state index is -0.980. The van der Waals surface area contributed by atoms with Gasteiger partial charge in [-0.1, -0.05) is 12.1 Å². The molecular formula is C10H9BrO3. The number of carboxylic acids is 1. The van der Waals surface area contributed by atoms with Crippen LogP contribution in [-0.4, -0.2) is 18.2 Å². The number of aliphatic carboxylic acids is 1. The predicted molar refractivity (Wildman–Crippen MR) is 57.4 cm³/mol. The molecule has 0 atom stereocenters. The quantitative estimate of drug-likeness (QED) is 0.846. The van der Waals surface area contributed by atoms with E-state index in [1.165, 1.54) is 13.2 Å².